The smallest absolute Gasteiger partial charge is 0.258 e. The van der Waals surface area contributed by atoms with Crippen molar-refractivity contribution in [3.8, 4) is 0 Å². The van der Waals surface area contributed by atoms with Crippen LogP contribution in [0.3, 0.4) is 0 Å². The summed E-state index contributed by atoms with van der Waals surface area (Å²) in [6.45, 7) is 7.51. The number of benzene rings is 2. The van der Waals surface area contributed by atoms with Gasteiger partial charge in [0.15, 0.2) is 0 Å². The number of aryl methyl sites for hydroxylation is 2. The van der Waals surface area contributed by atoms with Gasteiger partial charge in [0.05, 0.1) is 24.0 Å². The molecule has 0 saturated carbocycles. The Balaban J connectivity index is 1.76. The second-order valence-corrected chi connectivity index (χ2v) is 7.41. The van der Waals surface area contributed by atoms with Crippen LogP contribution >= 0.6 is 0 Å². The van der Waals surface area contributed by atoms with E-state index in [0.29, 0.717) is 23.3 Å². The van der Waals surface area contributed by atoms with Gasteiger partial charge in [-0.1, -0.05) is 43.7 Å². The lowest BCUT2D eigenvalue weighted by Gasteiger charge is -2.22. The highest BCUT2D eigenvalue weighted by Gasteiger charge is 2.15. The van der Waals surface area contributed by atoms with Crippen molar-refractivity contribution in [2.24, 2.45) is 0 Å². The Morgan fingerprint density at radius 3 is 2.55 bits per heavy atom. The van der Waals surface area contributed by atoms with Crippen LogP contribution in [-0.2, 0) is 11.3 Å². The number of hydrogen-bond donors (Lipinski definition) is 2. The molecule has 2 N–H and O–H groups in total. The van der Waals surface area contributed by atoms with Crippen molar-refractivity contribution >= 4 is 22.5 Å². The maximum atomic E-state index is 12.7. The van der Waals surface area contributed by atoms with Gasteiger partial charge in [-0.05, 0) is 50.1 Å². The van der Waals surface area contributed by atoms with Crippen LogP contribution in [-0.4, -0.2) is 33.9 Å². The molecule has 29 heavy (non-hydrogen) atoms. The van der Waals surface area contributed by atoms with Crippen molar-refractivity contribution in [2.75, 3.05) is 18.4 Å². The number of aromatic amines is 1. The Kier molecular flexibility index (Phi) is 6.77. The highest BCUT2D eigenvalue weighted by molar-refractivity contribution is 5.93. The standard InChI is InChI=1S/C23H28N4O2/c1-4-5-13-27(15-21(28)26-22-16(2)9-8-10-17(22)3)14-20-24-19-12-7-6-11-18(19)23(29)25-20/h6-12H,4-5,13-15H2,1-3H3,(H,26,28)(H,24,25,29). The fraction of sp³-hybridized carbons (Fsp3) is 0.348. The van der Waals surface area contributed by atoms with Crippen LogP contribution in [0.25, 0.3) is 10.9 Å². The molecule has 1 heterocycles. The molecule has 6 heteroatoms. The van der Waals surface area contributed by atoms with Gasteiger partial charge in [-0.25, -0.2) is 4.98 Å². The predicted octanol–water partition coefficient (Wildman–Crippen LogP) is 3.78. The minimum atomic E-state index is -0.152. The minimum Gasteiger partial charge on any atom is -0.324 e. The fourth-order valence-corrected chi connectivity index (χ4v) is 3.41. The summed E-state index contributed by atoms with van der Waals surface area (Å²) in [5, 5.41) is 3.61. The van der Waals surface area contributed by atoms with E-state index in [9.17, 15) is 9.59 Å². The molecule has 152 valence electrons. The number of fused-ring (bicyclic) bond motifs is 1. The van der Waals surface area contributed by atoms with E-state index in [0.717, 1.165) is 36.2 Å². The van der Waals surface area contributed by atoms with Crippen LogP contribution in [0.2, 0.25) is 0 Å². The Bertz CT molecular complexity index is 1040. The van der Waals surface area contributed by atoms with Gasteiger partial charge in [0, 0.05) is 5.69 Å². The largest absolute Gasteiger partial charge is 0.324 e. The number of unbranched alkanes of at least 4 members (excludes halogenated alkanes) is 1. The van der Waals surface area contributed by atoms with Gasteiger partial charge in [-0.3, -0.25) is 14.5 Å². The van der Waals surface area contributed by atoms with E-state index < -0.39 is 0 Å². The number of rotatable bonds is 8. The first-order valence-corrected chi connectivity index (χ1v) is 10.0. The SMILES string of the molecule is CCCCN(CC(=O)Nc1c(C)cccc1C)Cc1nc2ccccc2c(=O)[nH]1. The lowest BCUT2D eigenvalue weighted by atomic mass is 10.1. The van der Waals surface area contributed by atoms with Crippen LogP contribution in [0.4, 0.5) is 5.69 Å². The average Bonchev–Trinajstić information content (AvgIpc) is 2.69. The third-order valence-electron chi connectivity index (χ3n) is 4.98. The second kappa shape index (κ2) is 9.47. The highest BCUT2D eigenvalue weighted by atomic mass is 16.2. The van der Waals surface area contributed by atoms with Crippen molar-refractivity contribution in [2.45, 2.75) is 40.2 Å². The molecule has 3 aromatic rings. The number of carbonyl (C=O) groups is 1. The van der Waals surface area contributed by atoms with Gasteiger partial charge < -0.3 is 10.3 Å². The molecular weight excluding hydrogens is 364 g/mol. The van der Waals surface area contributed by atoms with E-state index in [4.69, 9.17) is 0 Å². The summed E-state index contributed by atoms with van der Waals surface area (Å²) < 4.78 is 0. The number of anilines is 1. The number of H-pyrrole nitrogens is 1. The second-order valence-electron chi connectivity index (χ2n) is 7.41. The molecule has 2 aromatic carbocycles. The van der Waals surface area contributed by atoms with Gasteiger partial charge in [0.25, 0.3) is 5.56 Å². The molecule has 0 bridgehead atoms. The molecule has 1 amide bonds. The Morgan fingerprint density at radius 2 is 1.83 bits per heavy atom. The molecule has 0 aliphatic carbocycles. The first-order valence-electron chi connectivity index (χ1n) is 10.0. The highest BCUT2D eigenvalue weighted by Crippen LogP contribution is 2.19. The summed E-state index contributed by atoms with van der Waals surface area (Å²) in [6.07, 6.45) is 1.99. The Hall–Kier alpha value is -2.99. The maximum absolute atomic E-state index is 12.7. The number of nitrogens with zero attached hydrogens (tertiary/aromatic N) is 2. The number of para-hydroxylation sites is 2. The first kappa shape index (κ1) is 20.7. The quantitative estimate of drug-likeness (QED) is 0.611. The third-order valence-corrected chi connectivity index (χ3v) is 4.98. The maximum Gasteiger partial charge on any atom is 0.258 e. The summed E-state index contributed by atoms with van der Waals surface area (Å²) in [5.74, 6) is 0.506. The van der Waals surface area contributed by atoms with E-state index in [1.807, 2.05) is 55.1 Å². The molecule has 3 rings (SSSR count). The first-order chi connectivity index (χ1) is 14.0. The summed E-state index contributed by atoms with van der Waals surface area (Å²) >= 11 is 0. The van der Waals surface area contributed by atoms with Gasteiger partial charge in [0.2, 0.25) is 5.91 Å². The summed E-state index contributed by atoms with van der Waals surface area (Å²) in [4.78, 5) is 34.5. The molecule has 0 spiro atoms. The van der Waals surface area contributed by atoms with Crippen molar-refractivity contribution < 1.29 is 4.79 Å². The van der Waals surface area contributed by atoms with Crippen molar-refractivity contribution in [1.82, 2.24) is 14.9 Å². The van der Waals surface area contributed by atoms with Crippen LogP contribution in [0.1, 0.15) is 36.7 Å². The third kappa shape index (κ3) is 5.29. The van der Waals surface area contributed by atoms with Gasteiger partial charge in [-0.2, -0.15) is 0 Å². The van der Waals surface area contributed by atoms with E-state index >= 15 is 0 Å². The van der Waals surface area contributed by atoms with Crippen LogP contribution in [0.15, 0.2) is 47.3 Å². The predicted molar refractivity (Wildman–Crippen MR) is 117 cm³/mol. The van der Waals surface area contributed by atoms with Crippen molar-refractivity contribution in [1.29, 1.82) is 0 Å². The molecule has 0 aliphatic rings. The number of nitrogens with one attached hydrogen (secondary N) is 2. The fourth-order valence-electron chi connectivity index (χ4n) is 3.41. The average molecular weight is 393 g/mol. The molecule has 0 fully saturated rings. The van der Waals surface area contributed by atoms with E-state index in [-0.39, 0.29) is 18.0 Å². The summed E-state index contributed by atoms with van der Waals surface area (Å²) in [6, 6.07) is 13.2. The zero-order chi connectivity index (χ0) is 20.8. The van der Waals surface area contributed by atoms with Crippen LogP contribution in [0, 0.1) is 13.8 Å². The lowest BCUT2D eigenvalue weighted by Crippen LogP contribution is -2.35. The topological polar surface area (TPSA) is 78.1 Å². The zero-order valence-electron chi connectivity index (χ0n) is 17.3. The summed E-state index contributed by atoms with van der Waals surface area (Å²) in [7, 11) is 0. The van der Waals surface area contributed by atoms with Crippen LogP contribution < -0.4 is 10.9 Å². The monoisotopic (exact) mass is 392 g/mol. The Morgan fingerprint density at radius 1 is 1.10 bits per heavy atom. The van der Waals surface area contributed by atoms with Gasteiger partial charge in [0.1, 0.15) is 5.82 Å². The number of carbonyl (C=O) groups excluding carboxylic acids is 1. The zero-order valence-corrected chi connectivity index (χ0v) is 17.3. The molecule has 0 saturated heterocycles. The Labute approximate surface area is 171 Å². The van der Waals surface area contributed by atoms with E-state index in [2.05, 4.69) is 22.2 Å². The molecule has 0 radical (unpaired) electrons. The summed E-state index contributed by atoms with van der Waals surface area (Å²) in [5.41, 5.74) is 3.46. The van der Waals surface area contributed by atoms with Crippen LogP contribution in [0.5, 0.6) is 0 Å². The number of aromatic nitrogens is 2. The van der Waals surface area contributed by atoms with E-state index in [1.54, 1.807) is 6.07 Å². The molecule has 0 atom stereocenters. The van der Waals surface area contributed by atoms with Crippen molar-refractivity contribution in [3.05, 3.63) is 69.8 Å². The van der Waals surface area contributed by atoms with Crippen molar-refractivity contribution in [3.63, 3.8) is 0 Å². The number of amides is 1. The normalized spacial score (nSPS) is 11.2. The minimum absolute atomic E-state index is 0.0679. The molecule has 0 aliphatic heterocycles. The molecule has 1 aromatic heterocycles. The molecule has 0 unspecified atom stereocenters. The molecular formula is C23H28N4O2. The number of hydrogen-bond acceptors (Lipinski definition) is 4. The van der Waals surface area contributed by atoms with Gasteiger partial charge in [-0.15, -0.1) is 0 Å². The molecule has 6 nitrogen and oxygen atoms in total. The lowest BCUT2D eigenvalue weighted by molar-refractivity contribution is -0.117. The van der Waals surface area contributed by atoms with E-state index in [1.165, 1.54) is 0 Å². The van der Waals surface area contributed by atoms with Gasteiger partial charge >= 0.3 is 0 Å².